The van der Waals surface area contributed by atoms with Gasteiger partial charge in [-0.1, -0.05) is 5.16 Å². The third-order valence-electron chi connectivity index (χ3n) is 2.29. The second-order valence-corrected chi connectivity index (χ2v) is 3.41. The van der Waals surface area contributed by atoms with Crippen molar-refractivity contribution in [2.45, 2.75) is 0 Å². The van der Waals surface area contributed by atoms with Crippen LogP contribution >= 0.6 is 0 Å². The maximum absolute atomic E-state index is 11.7. The van der Waals surface area contributed by atoms with Gasteiger partial charge in [-0.2, -0.15) is 0 Å². The lowest BCUT2D eigenvalue weighted by atomic mass is 10.3. The van der Waals surface area contributed by atoms with Crippen molar-refractivity contribution in [1.29, 1.82) is 0 Å². The van der Waals surface area contributed by atoms with Crippen LogP contribution in [0.1, 0.15) is 0 Å². The number of rotatable bonds is 1. The van der Waals surface area contributed by atoms with Crippen LogP contribution in [0.4, 0.5) is 5.69 Å². The summed E-state index contributed by atoms with van der Waals surface area (Å²) in [5.74, 6) is -1.19. The number of carbonyl (C=O) groups is 2. The van der Waals surface area contributed by atoms with E-state index < -0.39 is 11.8 Å². The van der Waals surface area contributed by atoms with Gasteiger partial charge in [0.1, 0.15) is 12.0 Å². The van der Waals surface area contributed by atoms with Crippen molar-refractivity contribution in [3.05, 3.63) is 12.5 Å². The predicted octanol–water partition coefficient (Wildman–Crippen LogP) is -0.955. The molecule has 1 aliphatic rings. The Morgan fingerprint density at radius 3 is 2.81 bits per heavy atom. The number of hydrogen-bond donors (Lipinski definition) is 2. The van der Waals surface area contributed by atoms with E-state index in [0.717, 1.165) is 0 Å². The summed E-state index contributed by atoms with van der Waals surface area (Å²) in [5, 5.41) is 8.94. The highest BCUT2D eigenvalue weighted by Crippen LogP contribution is 2.04. The van der Waals surface area contributed by atoms with Gasteiger partial charge in [-0.05, 0) is 0 Å². The van der Waals surface area contributed by atoms with Crippen LogP contribution in [0.5, 0.6) is 0 Å². The van der Waals surface area contributed by atoms with Crippen LogP contribution in [-0.4, -0.2) is 48.0 Å². The minimum absolute atomic E-state index is 0.383. The van der Waals surface area contributed by atoms with Gasteiger partial charge in [0, 0.05) is 26.2 Å². The summed E-state index contributed by atoms with van der Waals surface area (Å²) in [4.78, 5) is 24.7. The van der Waals surface area contributed by atoms with Crippen molar-refractivity contribution in [2.24, 2.45) is 0 Å². The number of nitrogens with zero attached hydrogens (tertiary/aromatic N) is 2. The standard InChI is InChI=1S/C9H12N4O3/c14-8(12-7-5-11-16-6-7)9(15)13-3-1-10-2-4-13/h5-6,10H,1-4H2,(H,12,14). The molecule has 0 aromatic carbocycles. The lowest BCUT2D eigenvalue weighted by Crippen LogP contribution is -2.49. The molecule has 0 radical (unpaired) electrons. The fourth-order valence-corrected chi connectivity index (χ4v) is 1.46. The molecule has 86 valence electrons. The Hall–Kier alpha value is -1.89. The molecule has 0 saturated carbocycles. The van der Waals surface area contributed by atoms with Crippen molar-refractivity contribution in [3.63, 3.8) is 0 Å². The molecule has 0 unspecified atom stereocenters. The molecule has 2 amide bonds. The van der Waals surface area contributed by atoms with Crippen LogP contribution in [-0.2, 0) is 9.59 Å². The van der Waals surface area contributed by atoms with Gasteiger partial charge in [0.05, 0.1) is 6.20 Å². The Kier molecular flexibility index (Phi) is 3.16. The molecule has 0 bridgehead atoms. The average molecular weight is 224 g/mol. The van der Waals surface area contributed by atoms with Gasteiger partial charge < -0.3 is 20.1 Å². The Balaban J connectivity index is 1.91. The Morgan fingerprint density at radius 1 is 1.44 bits per heavy atom. The fraction of sp³-hybridized carbons (Fsp3) is 0.444. The summed E-state index contributed by atoms with van der Waals surface area (Å²) < 4.78 is 4.54. The number of hydrogen-bond acceptors (Lipinski definition) is 5. The summed E-state index contributed by atoms with van der Waals surface area (Å²) in [7, 11) is 0. The maximum Gasteiger partial charge on any atom is 0.314 e. The van der Waals surface area contributed by atoms with Gasteiger partial charge in [-0.3, -0.25) is 9.59 Å². The quantitative estimate of drug-likeness (QED) is 0.600. The molecule has 1 aromatic rings. The second-order valence-electron chi connectivity index (χ2n) is 3.41. The molecule has 2 N–H and O–H groups in total. The lowest BCUT2D eigenvalue weighted by Gasteiger charge is -2.26. The van der Waals surface area contributed by atoms with Crippen LogP contribution in [0.15, 0.2) is 17.0 Å². The molecule has 2 rings (SSSR count). The zero-order chi connectivity index (χ0) is 11.4. The van der Waals surface area contributed by atoms with Crippen LogP contribution < -0.4 is 10.6 Å². The molecule has 16 heavy (non-hydrogen) atoms. The zero-order valence-corrected chi connectivity index (χ0v) is 8.60. The summed E-state index contributed by atoms with van der Waals surface area (Å²) >= 11 is 0. The first kappa shape index (κ1) is 10.6. The number of carbonyl (C=O) groups excluding carboxylic acids is 2. The second kappa shape index (κ2) is 4.75. The fourth-order valence-electron chi connectivity index (χ4n) is 1.46. The van der Waals surface area contributed by atoms with Gasteiger partial charge in [0.25, 0.3) is 0 Å². The molecular weight excluding hydrogens is 212 g/mol. The van der Waals surface area contributed by atoms with E-state index >= 15 is 0 Å². The zero-order valence-electron chi connectivity index (χ0n) is 8.60. The van der Waals surface area contributed by atoms with Crippen LogP contribution in [0.3, 0.4) is 0 Å². The Labute approximate surface area is 91.8 Å². The molecule has 2 heterocycles. The van der Waals surface area contributed by atoms with E-state index in [1.807, 2.05) is 0 Å². The smallest absolute Gasteiger partial charge is 0.314 e. The largest absolute Gasteiger partial charge is 0.363 e. The highest BCUT2D eigenvalue weighted by atomic mass is 16.5. The molecular formula is C9H12N4O3. The monoisotopic (exact) mass is 224 g/mol. The molecule has 1 aliphatic heterocycles. The van der Waals surface area contributed by atoms with E-state index in [0.29, 0.717) is 31.9 Å². The first-order chi connectivity index (χ1) is 7.77. The van der Waals surface area contributed by atoms with Crippen molar-refractivity contribution in [1.82, 2.24) is 15.4 Å². The third kappa shape index (κ3) is 2.37. The molecule has 1 saturated heterocycles. The van der Waals surface area contributed by atoms with Gasteiger partial charge >= 0.3 is 11.8 Å². The highest BCUT2D eigenvalue weighted by Gasteiger charge is 2.23. The third-order valence-corrected chi connectivity index (χ3v) is 2.29. The predicted molar refractivity (Wildman–Crippen MR) is 54.6 cm³/mol. The van der Waals surface area contributed by atoms with Crippen molar-refractivity contribution >= 4 is 17.5 Å². The summed E-state index contributed by atoms with van der Waals surface area (Å²) in [6.07, 6.45) is 2.60. The van der Waals surface area contributed by atoms with Gasteiger partial charge in [-0.15, -0.1) is 0 Å². The number of amides is 2. The molecule has 0 atom stereocenters. The van der Waals surface area contributed by atoms with Crippen LogP contribution in [0.25, 0.3) is 0 Å². The van der Waals surface area contributed by atoms with E-state index in [2.05, 4.69) is 20.3 Å². The lowest BCUT2D eigenvalue weighted by molar-refractivity contribution is -0.143. The molecule has 1 fully saturated rings. The van der Waals surface area contributed by atoms with E-state index in [4.69, 9.17) is 0 Å². The normalized spacial score (nSPS) is 15.9. The minimum atomic E-state index is -0.662. The Morgan fingerprint density at radius 2 is 2.19 bits per heavy atom. The molecule has 1 aromatic heterocycles. The number of piperazine rings is 1. The van der Waals surface area contributed by atoms with E-state index in [1.54, 1.807) is 0 Å². The van der Waals surface area contributed by atoms with Gasteiger partial charge in [0.2, 0.25) is 0 Å². The van der Waals surface area contributed by atoms with E-state index in [-0.39, 0.29) is 0 Å². The summed E-state index contributed by atoms with van der Waals surface area (Å²) in [6, 6.07) is 0. The van der Waals surface area contributed by atoms with Gasteiger partial charge in [0.15, 0.2) is 0 Å². The maximum atomic E-state index is 11.7. The summed E-state index contributed by atoms with van der Waals surface area (Å²) in [6.45, 7) is 2.53. The molecule has 7 nitrogen and oxygen atoms in total. The van der Waals surface area contributed by atoms with Crippen LogP contribution in [0.2, 0.25) is 0 Å². The number of anilines is 1. The van der Waals surface area contributed by atoms with Crippen molar-refractivity contribution in [3.8, 4) is 0 Å². The van der Waals surface area contributed by atoms with E-state index in [1.165, 1.54) is 17.4 Å². The molecule has 0 spiro atoms. The first-order valence-electron chi connectivity index (χ1n) is 4.98. The topological polar surface area (TPSA) is 87.5 Å². The van der Waals surface area contributed by atoms with Gasteiger partial charge in [-0.25, -0.2) is 0 Å². The number of aromatic nitrogens is 1. The molecule has 0 aliphatic carbocycles. The van der Waals surface area contributed by atoms with Crippen molar-refractivity contribution in [2.75, 3.05) is 31.5 Å². The SMILES string of the molecule is O=C(Nc1cnoc1)C(=O)N1CCNCC1. The average Bonchev–Trinajstić information content (AvgIpc) is 2.82. The van der Waals surface area contributed by atoms with Crippen LogP contribution in [0, 0.1) is 0 Å². The van der Waals surface area contributed by atoms with E-state index in [9.17, 15) is 9.59 Å². The van der Waals surface area contributed by atoms with Crippen molar-refractivity contribution < 1.29 is 14.1 Å². The highest BCUT2D eigenvalue weighted by molar-refractivity contribution is 6.39. The summed E-state index contributed by atoms with van der Waals surface area (Å²) in [5.41, 5.74) is 0.383. The number of nitrogens with one attached hydrogen (secondary N) is 2. The first-order valence-corrected chi connectivity index (χ1v) is 4.98. The Bertz CT molecular complexity index is 370. The minimum Gasteiger partial charge on any atom is -0.363 e. The molecule has 7 heteroatoms.